The summed E-state index contributed by atoms with van der Waals surface area (Å²) < 4.78 is 4.98. The highest BCUT2D eigenvalue weighted by Crippen LogP contribution is 2.28. The molecule has 1 aromatic heterocycles. The van der Waals surface area contributed by atoms with Crippen LogP contribution in [0.5, 0.6) is 0 Å². The fraction of sp³-hybridized carbons (Fsp3) is 0.500. The molecule has 2 rings (SSSR count). The molecule has 2 heterocycles. The summed E-state index contributed by atoms with van der Waals surface area (Å²) in [6, 6.07) is 1.67. The van der Waals surface area contributed by atoms with Crippen molar-refractivity contribution in [3.8, 4) is 0 Å². The Balaban J connectivity index is 2.18. The number of carbonyl (C=O) groups is 2. The Kier molecular flexibility index (Phi) is 3.86. The molecule has 0 aromatic carbocycles. The Hall–Kier alpha value is -1.56. The van der Waals surface area contributed by atoms with Crippen molar-refractivity contribution in [2.24, 2.45) is 0 Å². The summed E-state index contributed by atoms with van der Waals surface area (Å²) in [6.07, 6.45) is 1.34. The van der Waals surface area contributed by atoms with Crippen molar-refractivity contribution < 1.29 is 19.4 Å². The second kappa shape index (κ2) is 5.39. The van der Waals surface area contributed by atoms with Gasteiger partial charge in [-0.15, -0.1) is 11.3 Å². The zero-order valence-corrected chi connectivity index (χ0v) is 11.0. The van der Waals surface area contributed by atoms with Crippen molar-refractivity contribution in [1.82, 2.24) is 4.90 Å². The molecular weight excluding hydrogens is 254 g/mol. The average Bonchev–Trinajstić information content (AvgIpc) is 2.62. The highest BCUT2D eigenvalue weighted by Gasteiger charge is 2.22. The van der Waals surface area contributed by atoms with Gasteiger partial charge in [0.15, 0.2) is 0 Å². The normalized spacial score (nSPS) is 14.8. The first-order valence-electron chi connectivity index (χ1n) is 5.88. The number of carbonyl (C=O) groups excluding carboxylic acids is 1. The summed E-state index contributed by atoms with van der Waals surface area (Å²) in [6.45, 7) is 3.22. The van der Waals surface area contributed by atoms with E-state index < -0.39 is 5.97 Å². The number of hydrogen-bond acceptors (Lipinski definition) is 4. The van der Waals surface area contributed by atoms with Gasteiger partial charge in [-0.3, -0.25) is 0 Å². The minimum Gasteiger partial charge on any atom is -0.477 e. The van der Waals surface area contributed by atoms with Gasteiger partial charge in [0.1, 0.15) is 4.88 Å². The van der Waals surface area contributed by atoms with E-state index in [1.165, 1.54) is 11.3 Å². The number of aryl methyl sites for hydroxylation is 1. The van der Waals surface area contributed by atoms with Gasteiger partial charge in [-0.1, -0.05) is 0 Å². The number of fused-ring (bicyclic) bond motifs is 1. The summed E-state index contributed by atoms with van der Waals surface area (Å²) in [5.41, 5.74) is 0.933. The van der Waals surface area contributed by atoms with Crippen LogP contribution in [0.4, 0.5) is 4.79 Å². The molecule has 0 spiro atoms. The third kappa shape index (κ3) is 2.64. The summed E-state index contributed by atoms with van der Waals surface area (Å²) in [5, 5.41) is 8.97. The van der Waals surface area contributed by atoms with Crippen LogP contribution in [0.15, 0.2) is 6.07 Å². The van der Waals surface area contributed by atoms with Gasteiger partial charge >= 0.3 is 12.1 Å². The fourth-order valence-electron chi connectivity index (χ4n) is 2.00. The lowest BCUT2D eigenvalue weighted by Gasteiger charge is -2.19. The molecule has 0 aliphatic carbocycles. The van der Waals surface area contributed by atoms with E-state index in [0.29, 0.717) is 24.6 Å². The van der Waals surface area contributed by atoms with Crippen LogP contribution in [0.3, 0.4) is 0 Å². The molecule has 6 heteroatoms. The van der Waals surface area contributed by atoms with Gasteiger partial charge in [-0.2, -0.15) is 0 Å². The van der Waals surface area contributed by atoms with Gasteiger partial charge < -0.3 is 14.7 Å². The summed E-state index contributed by atoms with van der Waals surface area (Å²) >= 11 is 1.31. The predicted octanol–water partition coefficient (Wildman–Crippen LogP) is 2.35. The van der Waals surface area contributed by atoms with Gasteiger partial charge in [0.25, 0.3) is 0 Å². The van der Waals surface area contributed by atoms with Gasteiger partial charge in [0.05, 0.1) is 13.2 Å². The maximum Gasteiger partial charge on any atom is 0.410 e. The lowest BCUT2D eigenvalue weighted by atomic mass is 10.2. The number of aromatic carboxylic acids is 1. The van der Waals surface area contributed by atoms with Crippen molar-refractivity contribution in [2.75, 3.05) is 13.2 Å². The van der Waals surface area contributed by atoms with Gasteiger partial charge in [-0.05, 0) is 31.4 Å². The molecule has 5 nitrogen and oxygen atoms in total. The first-order chi connectivity index (χ1) is 8.61. The Morgan fingerprint density at radius 1 is 1.56 bits per heavy atom. The second-order valence-corrected chi connectivity index (χ2v) is 5.22. The van der Waals surface area contributed by atoms with Crippen LogP contribution in [0.1, 0.15) is 33.5 Å². The molecule has 0 radical (unpaired) electrons. The largest absolute Gasteiger partial charge is 0.477 e. The van der Waals surface area contributed by atoms with Crippen LogP contribution in [0, 0.1) is 0 Å². The van der Waals surface area contributed by atoms with E-state index >= 15 is 0 Å². The topological polar surface area (TPSA) is 66.8 Å². The predicted molar refractivity (Wildman–Crippen MR) is 67.0 cm³/mol. The summed E-state index contributed by atoms with van der Waals surface area (Å²) in [7, 11) is 0. The summed E-state index contributed by atoms with van der Waals surface area (Å²) in [4.78, 5) is 25.7. The third-order valence-corrected chi connectivity index (χ3v) is 4.05. The van der Waals surface area contributed by atoms with E-state index in [-0.39, 0.29) is 6.09 Å². The van der Waals surface area contributed by atoms with E-state index in [0.717, 1.165) is 23.3 Å². The Morgan fingerprint density at radius 2 is 2.33 bits per heavy atom. The maximum atomic E-state index is 11.7. The first-order valence-corrected chi connectivity index (χ1v) is 6.70. The van der Waals surface area contributed by atoms with E-state index in [4.69, 9.17) is 9.84 Å². The van der Waals surface area contributed by atoms with E-state index in [2.05, 4.69) is 0 Å². The molecule has 0 atom stereocenters. The number of hydrogen-bond donors (Lipinski definition) is 1. The molecule has 1 aliphatic heterocycles. The first kappa shape index (κ1) is 12.9. The van der Waals surface area contributed by atoms with Crippen LogP contribution in [0.2, 0.25) is 0 Å². The SMILES string of the molecule is CCOC(=O)N1CCCc2sc(C(=O)O)cc2C1. The lowest BCUT2D eigenvalue weighted by molar-refractivity contribution is 0.0702. The molecule has 0 saturated heterocycles. The van der Waals surface area contributed by atoms with Crippen molar-refractivity contribution in [2.45, 2.75) is 26.3 Å². The Labute approximate surface area is 109 Å². The molecule has 1 aliphatic rings. The van der Waals surface area contributed by atoms with Crippen molar-refractivity contribution in [3.05, 3.63) is 21.4 Å². The van der Waals surface area contributed by atoms with Crippen LogP contribution >= 0.6 is 11.3 Å². The maximum absolute atomic E-state index is 11.7. The van der Waals surface area contributed by atoms with Gasteiger partial charge in [0, 0.05) is 11.4 Å². The Morgan fingerprint density at radius 3 is 3.00 bits per heavy atom. The van der Waals surface area contributed by atoms with Crippen molar-refractivity contribution in [3.63, 3.8) is 0 Å². The monoisotopic (exact) mass is 269 g/mol. The molecule has 98 valence electrons. The van der Waals surface area contributed by atoms with E-state index in [9.17, 15) is 9.59 Å². The number of ether oxygens (including phenoxy) is 1. The number of thiophene rings is 1. The van der Waals surface area contributed by atoms with E-state index in [1.807, 2.05) is 0 Å². The molecule has 1 amide bonds. The highest BCUT2D eigenvalue weighted by molar-refractivity contribution is 7.14. The molecule has 0 saturated carbocycles. The number of carboxylic acid groups (broad SMARTS) is 1. The van der Waals surface area contributed by atoms with Crippen LogP contribution in [-0.4, -0.2) is 35.2 Å². The Bertz CT molecular complexity index is 469. The number of nitrogens with zero attached hydrogens (tertiary/aromatic N) is 1. The minimum absolute atomic E-state index is 0.326. The zero-order chi connectivity index (χ0) is 13.1. The smallest absolute Gasteiger partial charge is 0.410 e. The molecule has 0 unspecified atom stereocenters. The summed E-state index contributed by atoms with van der Waals surface area (Å²) in [5.74, 6) is -0.907. The van der Waals surface area contributed by atoms with Gasteiger partial charge in [0.2, 0.25) is 0 Å². The highest BCUT2D eigenvalue weighted by atomic mass is 32.1. The lowest BCUT2D eigenvalue weighted by Crippen LogP contribution is -2.31. The minimum atomic E-state index is -0.907. The standard InChI is InChI=1S/C12H15NO4S/c1-2-17-12(16)13-5-3-4-9-8(7-13)6-10(18-9)11(14)15/h6H,2-5,7H2,1H3,(H,14,15). The van der Waals surface area contributed by atoms with E-state index in [1.54, 1.807) is 17.9 Å². The molecule has 0 fully saturated rings. The van der Waals surface area contributed by atoms with Crippen LogP contribution in [0.25, 0.3) is 0 Å². The second-order valence-electron chi connectivity index (χ2n) is 4.09. The molecule has 1 aromatic rings. The molecule has 0 bridgehead atoms. The molecule has 18 heavy (non-hydrogen) atoms. The quantitative estimate of drug-likeness (QED) is 0.895. The molecule has 1 N–H and O–H groups in total. The number of amides is 1. The third-order valence-electron chi connectivity index (χ3n) is 2.83. The number of rotatable bonds is 2. The van der Waals surface area contributed by atoms with Gasteiger partial charge in [-0.25, -0.2) is 9.59 Å². The fourth-order valence-corrected chi connectivity index (χ4v) is 3.06. The van der Waals surface area contributed by atoms with Crippen molar-refractivity contribution >= 4 is 23.4 Å². The van der Waals surface area contributed by atoms with Crippen LogP contribution in [-0.2, 0) is 17.7 Å². The number of carboxylic acids is 1. The average molecular weight is 269 g/mol. The zero-order valence-electron chi connectivity index (χ0n) is 10.1. The molecular formula is C12H15NO4S. The van der Waals surface area contributed by atoms with Crippen LogP contribution < -0.4 is 0 Å². The van der Waals surface area contributed by atoms with Crippen molar-refractivity contribution in [1.29, 1.82) is 0 Å².